The van der Waals surface area contributed by atoms with Crippen molar-refractivity contribution in [1.29, 1.82) is 0 Å². The fourth-order valence-corrected chi connectivity index (χ4v) is 3.26. The number of nitrogens with one attached hydrogen (secondary N) is 1. The zero-order valence-corrected chi connectivity index (χ0v) is 12.6. The monoisotopic (exact) mass is 267 g/mol. The number of hydrogen-bond donors (Lipinski definition) is 1. The van der Waals surface area contributed by atoms with Crippen LogP contribution in [0.25, 0.3) is 0 Å². The second-order valence-corrected chi connectivity index (χ2v) is 6.79. The summed E-state index contributed by atoms with van der Waals surface area (Å²) in [6, 6.07) is 0.646. The highest BCUT2D eigenvalue weighted by atomic mass is 32.1. The van der Waals surface area contributed by atoms with Gasteiger partial charge in [-0.3, -0.25) is 4.90 Å². The summed E-state index contributed by atoms with van der Waals surface area (Å²) in [5, 5.41) is 7.05. The Hall–Kier alpha value is -0.450. The smallest absolute Gasteiger partial charge is 0.0897 e. The van der Waals surface area contributed by atoms with E-state index in [9.17, 15) is 0 Å². The lowest BCUT2D eigenvalue weighted by molar-refractivity contribution is 0.245. The molecule has 1 aliphatic heterocycles. The molecule has 4 heteroatoms. The molecular formula is C14H25N3S. The lowest BCUT2D eigenvalue weighted by atomic mass is 10.0. The molecule has 1 fully saturated rings. The summed E-state index contributed by atoms with van der Waals surface area (Å²) < 4.78 is 0. The number of nitrogens with zero attached hydrogens (tertiary/aromatic N) is 2. The molecular weight excluding hydrogens is 242 g/mol. The Morgan fingerprint density at radius 1 is 1.56 bits per heavy atom. The van der Waals surface area contributed by atoms with Gasteiger partial charge >= 0.3 is 0 Å². The van der Waals surface area contributed by atoms with Crippen molar-refractivity contribution < 1.29 is 0 Å². The number of rotatable bonds is 4. The van der Waals surface area contributed by atoms with E-state index in [2.05, 4.69) is 41.4 Å². The maximum absolute atomic E-state index is 4.58. The van der Waals surface area contributed by atoms with Gasteiger partial charge in [-0.1, -0.05) is 13.8 Å². The fraction of sp³-hybridized carbons (Fsp3) is 0.786. The van der Waals surface area contributed by atoms with Gasteiger partial charge in [0.25, 0.3) is 0 Å². The van der Waals surface area contributed by atoms with Crippen molar-refractivity contribution in [2.45, 2.75) is 46.2 Å². The van der Waals surface area contributed by atoms with Crippen molar-refractivity contribution >= 4 is 11.3 Å². The zero-order chi connectivity index (χ0) is 13.0. The Kier molecular flexibility index (Phi) is 5.15. The average molecular weight is 267 g/mol. The number of hydrogen-bond acceptors (Lipinski definition) is 4. The second kappa shape index (κ2) is 6.64. The first-order valence-corrected chi connectivity index (χ1v) is 7.88. The Bertz CT molecular complexity index is 362. The standard InChI is InChI=1S/C14H25N3S/c1-11(2)7-13-8-17(6-4-5-15-13)9-14-10-18-12(3)16-14/h10-11,13,15H,4-9H2,1-3H3. The number of thiazole rings is 1. The van der Waals surface area contributed by atoms with Crippen LogP contribution in [0.5, 0.6) is 0 Å². The molecule has 0 radical (unpaired) electrons. The van der Waals surface area contributed by atoms with Gasteiger partial charge in [0, 0.05) is 24.5 Å². The van der Waals surface area contributed by atoms with Crippen LogP contribution < -0.4 is 5.32 Å². The van der Waals surface area contributed by atoms with E-state index in [0.29, 0.717) is 6.04 Å². The van der Waals surface area contributed by atoms with Crippen LogP contribution in [0.1, 0.15) is 37.4 Å². The summed E-state index contributed by atoms with van der Waals surface area (Å²) in [6.45, 7) is 11.2. The molecule has 1 unspecified atom stereocenters. The predicted octanol–water partition coefficient (Wildman–Crippen LogP) is 2.66. The lowest BCUT2D eigenvalue weighted by Crippen LogP contribution is -2.38. The van der Waals surface area contributed by atoms with E-state index >= 15 is 0 Å². The molecule has 102 valence electrons. The van der Waals surface area contributed by atoms with Crippen LogP contribution in [0.4, 0.5) is 0 Å². The SMILES string of the molecule is Cc1nc(CN2CCCNC(CC(C)C)C2)cs1. The van der Waals surface area contributed by atoms with Crippen molar-refractivity contribution in [2.75, 3.05) is 19.6 Å². The summed E-state index contributed by atoms with van der Waals surface area (Å²) in [5.41, 5.74) is 1.24. The molecule has 1 saturated heterocycles. The molecule has 1 aromatic rings. The summed E-state index contributed by atoms with van der Waals surface area (Å²) >= 11 is 1.76. The van der Waals surface area contributed by atoms with Crippen molar-refractivity contribution in [3.05, 3.63) is 16.1 Å². The van der Waals surface area contributed by atoms with Crippen molar-refractivity contribution in [1.82, 2.24) is 15.2 Å². The molecule has 1 N–H and O–H groups in total. The maximum Gasteiger partial charge on any atom is 0.0897 e. The molecule has 0 bridgehead atoms. The van der Waals surface area contributed by atoms with Gasteiger partial charge in [0.1, 0.15) is 0 Å². The van der Waals surface area contributed by atoms with Gasteiger partial charge in [-0.05, 0) is 38.8 Å². The Morgan fingerprint density at radius 2 is 2.39 bits per heavy atom. The third-order valence-electron chi connectivity index (χ3n) is 3.37. The highest BCUT2D eigenvalue weighted by Gasteiger charge is 2.19. The molecule has 0 saturated carbocycles. The molecule has 18 heavy (non-hydrogen) atoms. The topological polar surface area (TPSA) is 28.2 Å². The maximum atomic E-state index is 4.58. The van der Waals surface area contributed by atoms with E-state index in [4.69, 9.17) is 0 Å². The second-order valence-electron chi connectivity index (χ2n) is 5.73. The molecule has 3 nitrogen and oxygen atoms in total. The van der Waals surface area contributed by atoms with Crippen molar-refractivity contribution in [2.24, 2.45) is 5.92 Å². The molecule has 2 rings (SSSR count). The fourth-order valence-electron chi connectivity index (χ4n) is 2.66. The molecule has 0 aliphatic carbocycles. The minimum absolute atomic E-state index is 0.646. The highest BCUT2D eigenvalue weighted by Crippen LogP contribution is 2.14. The van der Waals surface area contributed by atoms with Gasteiger partial charge in [-0.2, -0.15) is 0 Å². The van der Waals surface area contributed by atoms with E-state index in [1.165, 1.54) is 30.1 Å². The van der Waals surface area contributed by atoms with Gasteiger partial charge in [0.15, 0.2) is 0 Å². The number of aromatic nitrogens is 1. The Labute approximate surface area is 115 Å². The highest BCUT2D eigenvalue weighted by molar-refractivity contribution is 7.09. The van der Waals surface area contributed by atoms with Crippen LogP contribution in [-0.4, -0.2) is 35.6 Å². The minimum atomic E-state index is 0.646. The van der Waals surface area contributed by atoms with Crippen molar-refractivity contribution in [3.8, 4) is 0 Å². The summed E-state index contributed by atoms with van der Waals surface area (Å²) in [6.07, 6.45) is 2.52. The van der Waals surface area contributed by atoms with Gasteiger partial charge < -0.3 is 5.32 Å². The van der Waals surface area contributed by atoms with Crippen LogP contribution in [0.3, 0.4) is 0 Å². The van der Waals surface area contributed by atoms with Crippen LogP contribution in [0.2, 0.25) is 0 Å². The predicted molar refractivity (Wildman–Crippen MR) is 78.0 cm³/mol. The molecule has 1 aromatic heterocycles. The number of aryl methyl sites for hydroxylation is 1. The van der Waals surface area contributed by atoms with Gasteiger partial charge in [-0.25, -0.2) is 4.98 Å². The average Bonchev–Trinajstić information content (AvgIpc) is 2.56. The molecule has 0 amide bonds. The Balaban J connectivity index is 1.90. The third-order valence-corrected chi connectivity index (χ3v) is 4.19. The van der Waals surface area contributed by atoms with Crippen LogP contribution in [-0.2, 0) is 6.54 Å². The minimum Gasteiger partial charge on any atom is -0.313 e. The zero-order valence-electron chi connectivity index (χ0n) is 11.8. The van der Waals surface area contributed by atoms with E-state index in [0.717, 1.165) is 25.6 Å². The first kappa shape index (κ1) is 14.0. The van der Waals surface area contributed by atoms with Gasteiger partial charge in [0.2, 0.25) is 0 Å². The van der Waals surface area contributed by atoms with E-state index in [-0.39, 0.29) is 0 Å². The van der Waals surface area contributed by atoms with Crippen LogP contribution in [0, 0.1) is 12.8 Å². The first-order chi connectivity index (χ1) is 8.63. The van der Waals surface area contributed by atoms with Crippen molar-refractivity contribution in [3.63, 3.8) is 0 Å². The van der Waals surface area contributed by atoms with Gasteiger partial charge in [0.05, 0.1) is 10.7 Å². The first-order valence-electron chi connectivity index (χ1n) is 7.00. The summed E-state index contributed by atoms with van der Waals surface area (Å²) in [5.74, 6) is 0.768. The summed E-state index contributed by atoms with van der Waals surface area (Å²) in [4.78, 5) is 7.13. The molecule has 2 heterocycles. The van der Waals surface area contributed by atoms with Gasteiger partial charge in [-0.15, -0.1) is 11.3 Å². The molecule has 1 atom stereocenters. The molecule has 1 aliphatic rings. The van der Waals surface area contributed by atoms with E-state index < -0.39 is 0 Å². The third kappa shape index (κ3) is 4.34. The van der Waals surface area contributed by atoms with Crippen LogP contribution >= 0.6 is 11.3 Å². The molecule has 0 aromatic carbocycles. The quantitative estimate of drug-likeness (QED) is 0.909. The van der Waals surface area contributed by atoms with Crippen LogP contribution in [0.15, 0.2) is 5.38 Å². The largest absolute Gasteiger partial charge is 0.313 e. The normalized spacial score (nSPS) is 22.3. The van der Waals surface area contributed by atoms with E-state index in [1.54, 1.807) is 11.3 Å². The summed E-state index contributed by atoms with van der Waals surface area (Å²) in [7, 11) is 0. The van der Waals surface area contributed by atoms with E-state index in [1.807, 2.05) is 0 Å². The Morgan fingerprint density at radius 3 is 3.06 bits per heavy atom. The molecule has 0 spiro atoms. The lowest BCUT2D eigenvalue weighted by Gasteiger charge is -2.24.